The van der Waals surface area contributed by atoms with E-state index in [-0.39, 0.29) is 5.91 Å². The molecule has 3 aromatic rings. The minimum atomic E-state index is -0.165. The average molecular weight is 427 g/mol. The molecule has 150 valence electrons. The summed E-state index contributed by atoms with van der Waals surface area (Å²) in [6, 6.07) is 15.5. The molecule has 1 saturated heterocycles. The van der Waals surface area contributed by atoms with Gasteiger partial charge in [0, 0.05) is 41.8 Å². The Labute approximate surface area is 180 Å². The third-order valence-corrected chi connectivity index (χ3v) is 6.18. The lowest BCUT2D eigenvalue weighted by molar-refractivity contribution is 0.102. The Balaban J connectivity index is 1.48. The van der Waals surface area contributed by atoms with Gasteiger partial charge in [-0.1, -0.05) is 29.8 Å². The van der Waals surface area contributed by atoms with Crippen LogP contribution in [0.25, 0.3) is 5.69 Å². The number of nitrogens with zero attached hydrogens (tertiary/aromatic N) is 3. The molecule has 2 aromatic carbocycles. The topological polar surface area (TPSA) is 50.2 Å². The number of hydrogen-bond acceptors (Lipinski definition) is 4. The van der Waals surface area contributed by atoms with Crippen molar-refractivity contribution in [2.75, 3.05) is 29.9 Å². The molecule has 0 saturated carbocycles. The summed E-state index contributed by atoms with van der Waals surface area (Å²) in [7, 11) is 0. The van der Waals surface area contributed by atoms with Gasteiger partial charge in [-0.2, -0.15) is 16.9 Å². The Hall–Kier alpha value is -2.28. The Kier molecular flexibility index (Phi) is 6.23. The number of aromatic nitrogens is 2. The van der Waals surface area contributed by atoms with Crippen molar-refractivity contribution in [3.8, 4) is 5.69 Å². The summed E-state index contributed by atoms with van der Waals surface area (Å²) in [6.45, 7) is 5.02. The second-order valence-electron chi connectivity index (χ2n) is 7.08. The largest absolute Gasteiger partial charge is 0.322 e. The number of carbonyl (C=O) groups is 1. The monoisotopic (exact) mass is 426 g/mol. The highest BCUT2D eigenvalue weighted by Crippen LogP contribution is 2.20. The summed E-state index contributed by atoms with van der Waals surface area (Å²) in [5.74, 6) is 2.21. The minimum Gasteiger partial charge on any atom is -0.322 e. The predicted octanol–water partition coefficient (Wildman–Crippen LogP) is 4.64. The smallest absolute Gasteiger partial charge is 0.259 e. The average Bonchev–Trinajstić information content (AvgIpc) is 3.10. The molecule has 1 aromatic heterocycles. The van der Waals surface area contributed by atoms with Crippen LogP contribution in [0.5, 0.6) is 0 Å². The van der Waals surface area contributed by atoms with Crippen molar-refractivity contribution >= 4 is 35.0 Å². The van der Waals surface area contributed by atoms with Crippen molar-refractivity contribution in [2.24, 2.45) is 0 Å². The Morgan fingerprint density at radius 3 is 2.76 bits per heavy atom. The summed E-state index contributed by atoms with van der Waals surface area (Å²) in [5, 5.41) is 8.02. The molecule has 0 atom stereocenters. The molecule has 1 aliphatic rings. The number of benzene rings is 2. The molecule has 7 heteroatoms. The number of anilines is 1. The van der Waals surface area contributed by atoms with Crippen LogP contribution in [-0.4, -0.2) is 45.2 Å². The number of rotatable bonds is 5. The molecule has 0 unspecified atom stereocenters. The van der Waals surface area contributed by atoms with Crippen molar-refractivity contribution in [1.82, 2.24) is 14.7 Å². The summed E-state index contributed by atoms with van der Waals surface area (Å²) < 4.78 is 1.73. The van der Waals surface area contributed by atoms with Crippen molar-refractivity contribution in [1.29, 1.82) is 0 Å². The van der Waals surface area contributed by atoms with E-state index in [1.807, 2.05) is 55.1 Å². The van der Waals surface area contributed by atoms with Crippen LogP contribution < -0.4 is 5.32 Å². The third kappa shape index (κ3) is 4.83. The Morgan fingerprint density at radius 2 is 1.97 bits per heavy atom. The zero-order valence-corrected chi connectivity index (χ0v) is 17.8. The Morgan fingerprint density at radius 1 is 1.17 bits per heavy atom. The van der Waals surface area contributed by atoms with Crippen LogP contribution >= 0.6 is 23.4 Å². The van der Waals surface area contributed by atoms with Gasteiger partial charge < -0.3 is 5.32 Å². The van der Waals surface area contributed by atoms with Crippen molar-refractivity contribution in [2.45, 2.75) is 13.5 Å². The molecule has 29 heavy (non-hydrogen) atoms. The SMILES string of the molecule is Cc1c(C(=O)Nc2cccc(CN3CCSCC3)c2)cnn1-c1cccc(Cl)c1. The molecule has 4 rings (SSSR count). The van der Waals surface area contributed by atoms with E-state index < -0.39 is 0 Å². The van der Waals surface area contributed by atoms with Gasteiger partial charge in [0.15, 0.2) is 0 Å². The zero-order chi connectivity index (χ0) is 20.2. The van der Waals surface area contributed by atoms with Crippen LogP contribution in [0, 0.1) is 6.92 Å². The number of carbonyl (C=O) groups excluding carboxylic acids is 1. The second kappa shape index (κ2) is 9.03. The van der Waals surface area contributed by atoms with Crippen LogP contribution in [0.4, 0.5) is 5.69 Å². The van der Waals surface area contributed by atoms with Gasteiger partial charge in [0.25, 0.3) is 5.91 Å². The normalized spacial score (nSPS) is 14.7. The summed E-state index contributed by atoms with van der Waals surface area (Å²) >= 11 is 8.09. The summed E-state index contributed by atoms with van der Waals surface area (Å²) in [5.41, 5.74) is 4.15. The number of halogens is 1. The molecule has 0 aliphatic carbocycles. The van der Waals surface area contributed by atoms with E-state index in [9.17, 15) is 4.79 Å². The fourth-order valence-electron chi connectivity index (χ4n) is 3.46. The fourth-order valence-corrected chi connectivity index (χ4v) is 4.63. The minimum absolute atomic E-state index is 0.165. The lowest BCUT2D eigenvalue weighted by Gasteiger charge is -2.26. The molecular weight excluding hydrogens is 404 g/mol. The van der Waals surface area contributed by atoms with Gasteiger partial charge in [-0.15, -0.1) is 0 Å². The van der Waals surface area contributed by atoms with E-state index in [1.54, 1.807) is 10.9 Å². The Bertz CT molecular complexity index is 1010. The maximum absolute atomic E-state index is 12.8. The van der Waals surface area contributed by atoms with Gasteiger partial charge in [-0.05, 0) is 42.8 Å². The number of thioether (sulfide) groups is 1. The lowest BCUT2D eigenvalue weighted by Crippen LogP contribution is -2.31. The van der Waals surface area contributed by atoms with E-state index in [2.05, 4.69) is 27.4 Å². The maximum atomic E-state index is 12.8. The predicted molar refractivity (Wildman–Crippen MR) is 120 cm³/mol. The first kappa shape index (κ1) is 20.0. The van der Waals surface area contributed by atoms with Crippen LogP contribution in [0.3, 0.4) is 0 Å². The van der Waals surface area contributed by atoms with E-state index in [0.29, 0.717) is 10.6 Å². The molecule has 2 heterocycles. The lowest BCUT2D eigenvalue weighted by atomic mass is 10.1. The van der Waals surface area contributed by atoms with Crippen molar-refractivity contribution < 1.29 is 4.79 Å². The number of hydrogen-bond donors (Lipinski definition) is 1. The summed E-state index contributed by atoms with van der Waals surface area (Å²) in [6.07, 6.45) is 1.60. The van der Waals surface area contributed by atoms with Crippen LogP contribution in [0.15, 0.2) is 54.7 Å². The molecule has 0 spiro atoms. The molecule has 0 bridgehead atoms. The van der Waals surface area contributed by atoms with Crippen molar-refractivity contribution in [3.05, 3.63) is 76.6 Å². The van der Waals surface area contributed by atoms with Gasteiger partial charge in [-0.25, -0.2) is 4.68 Å². The second-order valence-corrected chi connectivity index (χ2v) is 8.74. The first-order valence-electron chi connectivity index (χ1n) is 9.61. The van der Waals surface area contributed by atoms with Crippen LogP contribution in [-0.2, 0) is 6.54 Å². The third-order valence-electron chi connectivity index (χ3n) is 5.00. The molecule has 1 amide bonds. The van der Waals surface area contributed by atoms with E-state index in [1.165, 1.54) is 17.1 Å². The molecule has 1 N–H and O–H groups in total. The fraction of sp³-hybridized carbons (Fsp3) is 0.273. The van der Waals surface area contributed by atoms with E-state index in [4.69, 9.17) is 11.6 Å². The van der Waals surface area contributed by atoms with Crippen LogP contribution in [0.1, 0.15) is 21.6 Å². The summed E-state index contributed by atoms with van der Waals surface area (Å²) in [4.78, 5) is 15.3. The molecule has 1 fully saturated rings. The quantitative estimate of drug-likeness (QED) is 0.646. The van der Waals surface area contributed by atoms with Crippen LogP contribution in [0.2, 0.25) is 5.02 Å². The highest BCUT2D eigenvalue weighted by molar-refractivity contribution is 7.99. The highest BCUT2D eigenvalue weighted by Gasteiger charge is 2.16. The molecule has 1 aliphatic heterocycles. The van der Waals surface area contributed by atoms with E-state index >= 15 is 0 Å². The van der Waals surface area contributed by atoms with Crippen molar-refractivity contribution in [3.63, 3.8) is 0 Å². The van der Waals surface area contributed by atoms with Gasteiger partial charge >= 0.3 is 0 Å². The molecular formula is C22H23ClN4OS. The van der Waals surface area contributed by atoms with Gasteiger partial charge in [0.2, 0.25) is 0 Å². The first-order valence-corrected chi connectivity index (χ1v) is 11.1. The number of amides is 1. The van der Waals surface area contributed by atoms with E-state index in [0.717, 1.165) is 36.7 Å². The number of nitrogens with one attached hydrogen (secondary N) is 1. The zero-order valence-electron chi connectivity index (χ0n) is 16.3. The standard InChI is InChI=1S/C22H23ClN4OS/c1-16-21(14-24-27(16)20-7-3-5-18(23)13-20)22(28)25-19-6-2-4-17(12-19)15-26-8-10-29-11-9-26/h2-7,12-14H,8-11,15H2,1H3,(H,25,28). The maximum Gasteiger partial charge on any atom is 0.259 e. The molecule has 5 nitrogen and oxygen atoms in total. The van der Waals surface area contributed by atoms with Gasteiger partial charge in [0.1, 0.15) is 0 Å². The highest BCUT2D eigenvalue weighted by atomic mass is 35.5. The molecule has 0 radical (unpaired) electrons. The van der Waals surface area contributed by atoms with Gasteiger partial charge in [-0.3, -0.25) is 9.69 Å². The van der Waals surface area contributed by atoms with Gasteiger partial charge in [0.05, 0.1) is 23.1 Å². The first-order chi connectivity index (χ1) is 14.1.